The van der Waals surface area contributed by atoms with Gasteiger partial charge in [0.25, 0.3) is 0 Å². The van der Waals surface area contributed by atoms with E-state index in [0.717, 1.165) is 5.03 Å². The maximum Gasteiger partial charge on any atom is 0.142 e. The average molecular weight is 150 g/mol. The van der Waals surface area contributed by atoms with Gasteiger partial charge in [-0.3, -0.25) is 0 Å². The molecule has 0 fully saturated rings. The SMILES string of the molecule is SSc1csnn1. The minimum absolute atomic E-state index is 0.869. The van der Waals surface area contributed by atoms with Gasteiger partial charge in [-0.2, -0.15) is 0 Å². The summed E-state index contributed by atoms with van der Waals surface area (Å²) in [5, 5.41) is 6.40. The number of hydrogen-bond acceptors (Lipinski definition) is 5. The van der Waals surface area contributed by atoms with Gasteiger partial charge in [-0.25, -0.2) is 0 Å². The van der Waals surface area contributed by atoms with Crippen LogP contribution in [0, 0.1) is 0 Å². The lowest BCUT2D eigenvalue weighted by molar-refractivity contribution is 1.04. The number of nitrogens with zero attached hydrogens (tertiary/aromatic N) is 2. The lowest BCUT2D eigenvalue weighted by atomic mass is 11.0. The summed E-state index contributed by atoms with van der Waals surface area (Å²) >= 11 is 5.23. The van der Waals surface area contributed by atoms with Crippen molar-refractivity contribution in [3.8, 4) is 0 Å². The van der Waals surface area contributed by atoms with Crippen LogP contribution in [0.25, 0.3) is 0 Å². The Morgan fingerprint density at radius 3 is 3.00 bits per heavy atom. The molecule has 2 nitrogen and oxygen atoms in total. The first-order valence-corrected chi connectivity index (χ1v) is 4.22. The fraction of sp³-hybridized carbons (Fsp3) is 0. The number of hydrogen-bond donors (Lipinski definition) is 1. The molecule has 0 unspecified atom stereocenters. The van der Waals surface area contributed by atoms with E-state index in [1.807, 2.05) is 5.38 Å². The Morgan fingerprint density at radius 2 is 2.71 bits per heavy atom. The standard InChI is InChI=1S/C2H2N2S3/c5-7-2-1-6-4-3-2/h1,5H. The molecule has 1 rings (SSSR count). The molecular formula is C2H2N2S3. The van der Waals surface area contributed by atoms with Gasteiger partial charge in [0.2, 0.25) is 0 Å². The molecule has 0 atom stereocenters. The molecule has 0 aromatic carbocycles. The number of aromatic nitrogens is 2. The summed E-state index contributed by atoms with van der Waals surface area (Å²) < 4.78 is 3.61. The van der Waals surface area contributed by atoms with Gasteiger partial charge in [-0.05, 0) is 22.3 Å². The topological polar surface area (TPSA) is 25.8 Å². The van der Waals surface area contributed by atoms with E-state index in [2.05, 4.69) is 21.2 Å². The Kier molecular flexibility index (Phi) is 1.96. The summed E-state index contributed by atoms with van der Waals surface area (Å²) in [4.78, 5) is 0. The highest BCUT2D eigenvalue weighted by molar-refractivity contribution is 8.68. The molecule has 0 saturated carbocycles. The highest BCUT2D eigenvalue weighted by atomic mass is 33.1. The van der Waals surface area contributed by atoms with Crippen LogP contribution in [0.5, 0.6) is 0 Å². The summed E-state index contributed by atoms with van der Waals surface area (Å²) in [5.74, 6) is 0. The number of rotatable bonds is 1. The second kappa shape index (κ2) is 2.54. The summed E-state index contributed by atoms with van der Waals surface area (Å²) in [6, 6.07) is 0. The van der Waals surface area contributed by atoms with Crippen LogP contribution in [-0.2, 0) is 0 Å². The average Bonchev–Trinajstić information content (AvgIpc) is 2.14. The fourth-order valence-corrected chi connectivity index (χ4v) is 1.44. The summed E-state index contributed by atoms with van der Waals surface area (Å²) in [7, 11) is 1.31. The Morgan fingerprint density at radius 1 is 1.86 bits per heavy atom. The Labute approximate surface area is 54.3 Å². The van der Waals surface area contributed by atoms with Gasteiger partial charge >= 0.3 is 0 Å². The van der Waals surface area contributed by atoms with Crippen molar-refractivity contribution < 1.29 is 0 Å². The summed E-state index contributed by atoms with van der Waals surface area (Å²) in [5.41, 5.74) is 0. The van der Waals surface area contributed by atoms with Crippen LogP contribution in [0.4, 0.5) is 0 Å². The molecule has 0 amide bonds. The largest absolute Gasteiger partial charge is 0.142 e. The van der Waals surface area contributed by atoms with Crippen LogP contribution in [0.3, 0.4) is 0 Å². The predicted molar refractivity (Wildman–Crippen MR) is 34.8 cm³/mol. The smallest absolute Gasteiger partial charge is 0.131 e. The normalized spacial score (nSPS) is 9.29. The van der Waals surface area contributed by atoms with Crippen molar-refractivity contribution in [1.29, 1.82) is 0 Å². The third-order valence-electron chi connectivity index (χ3n) is 0.434. The molecule has 0 aliphatic rings. The van der Waals surface area contributed by atoms with E-state index in [-0.39, 0.29) is 0 Å². The zero-order valence-corrected chi connectivity index (χ0v) is 5.76. The van der Waals surface area contributed by atoms with Crippen molar-refractivity contribution in [3.63, 3.8) is 0 Å². The number of thiol groups is 1. The minimum Gasteiger partial charge on any atom is -0.131 e. The van der Waals surface area contributed by atoms with Gasteiger partial charge in [0.05, 0.1) is 0 Å². The Balaban J connectivity index is 2.76. The van der Waals surface area contributed by atoms with Crippen molar-refractivity contribution in [2.75, 3.05) is 0 Å². The Hall–Kier alpha value is 0.260. The van der Waals surface area contributed by atoms with Crippen molar-refractivity contribution in [1.82, 2.24) is 9.59 Å². The highest BCUT2D eigenvalue weighted by Crippen LogP contribution is 2.18. The summed E-state index contributed by atoms with van der Waals surface area (Å²) in [6.45, 7) is 0. The first-order valence-electron chi connectivity index (χ1n) is 1.52. The van der Waals surface area contributed by atoms with Crippen molar-refractivity contribution in [3.05, 3.63) is 5.38 Å². The third kappa shape index (κ3) is 1.32. The van der Waals surface area contributed by atoms with Crippen LogP contribution in [0.2, 0.25) is 0 Å². The van der Waals surface area contributed by atoms with E-state index in [0.29, 0.717) is 0 Å². The van der Waals surface area contributed by atoms with Gasteiger partial charge < -0.3 is 0 Å². The minimum atomic E-state index is 0.869. The van der Waals surface area contributed by atoms with Crippen molar-refractivity contribution >= 4 is 34.0 Å². The van der Waals surface area contributed by atoms with Crippen molar-refractivity contribution in [2.45, 2.75) is 5.03 Å². The Bertz CT molecular complexity index is 125. The van der Waals surface area contributed by atoms with E-state index >= 15 is 0 Å². The van der Waals surface area contributed by atoms with Gasteiger partial charge in [-0.1, -0.05) is 4.49 Å². The molecular weight excluding hydrogens is 148 g/mol. The molecule has 0 spiro atoms. The van der Waals surface area contributed by atoms with Gasteiger partial charge in [0.1, 0.15) is 5.03 Å². The molecule has 7 heavy (non-hydrogen) atoms. The van der Waals surface area contributed by atoms with E-state index in [1.54, 1.807) is 0 Å². The molecule has 0 saturated heterocycles. The molecule has 0 radical (unpaired) electrons. The van der Waals surface area contributed by atoms with Gasteiger partial charge in [0, 0.05) is 5.38 Å². The lowest BCUT2D eigenvalue weighted by Crippen LogP contribution is -1.62. The molecule has 38 valence electrons. The zero-order valence-electron chi connectivity index (χ0n) is 3.24. The van der Waals surface area contributed by atoms with Crippen LogP contribution < -0.4 is 0 Å². The second-order valence-electron chi connectivity index (χ2n) is 0.834. The molecule has 0 aliphatic carbocycles. The van der Waals surface area contributed by atoms with E-state index < -0.39 is 0 Å². The lowest BCUT2D eigenvalue weighted by Gasteiger charge is -1.73. The maximum atomic E-state index is 3.90. The second-order valence-corrected chi connectivity index (χ2v) is 2.59. The van der Waals surface area contributed by atoms with Crippen LogP contribution in [-0.4, -0.2) is 9.59 Å². The summed E-state index contributed by atoms with van der Waals surface area (Å²) in [6.07, 6.45) is 0. The quantitative estimate of drug-likeness (QED) is 0.485. The van der Waals surface area contributed by atoms with E-state index in [9.17, 15) is 0 Å². The van der Waals surface area contributed by atoms with Crippen LogP contribution >= 0.6 is 34.0 Å². The molecule has 1 aromatic heterocycles. The monoisotopic (exact) mass is 150 g/mol. The van der Waals surface area contributed by atoms with Crippen molar-refractivity contribution in [2.24, 2.45) is 0 Å². The molecule has 0 bridgehead atoms. The predicted octanol–water partition coefficient (Wildman–Crippen LogP) is 1.47. The van der Waals surface area contributed by atoms with E-state index in [1.165, 1.54) is 22.3 Å². The molecule has 1 aromatic rings. The highest BCUT2D eigenvalue weighted by Gasteiger charge is 1.88. The maximum absolute atomic E-state index is 3.90. The van der Waals surface area contributed by atoms with Crippen LogP contribution in [0.1, 0.15) is 0 Å². The molecule has 5 heteroatoms. The molecule has 0 aliphatic heterocycles. The van der Waals surface area contributed by atoms with Gasteiger partial charge in [-0.15, -0.1) is 16.8 Å². The first-order chi connectivity index (χ1) is 3.43. The molecule has 1 heterocycles. The fourth-order valence-electron chi connectivity index (χ4n) is 0.196. The first kappa shape index (κ1) is 5.40. The molecule has 0 N–H and O–H groups in total. The zero-order chi connectivity index (χ0) is 5.11. The van der Waals surface area contributed by atoms with Gasteiger partial charge in [0.15, 0.2) is 0 Å². The third-order valence-corrected chi connectivity index (χ3v) is 2.04. The van der Waals surface area contributed by atoms with E-state index in [4.69, 9.17) is 0 Å². The van der Waals surface area contributed by atoms with Crippen LogP contribution in [0.15, 0.2) is 10.4 Å².